The van der Waals surface area contributed by atoms with E-state index in [2.05, 4.69) is 5.32 Å². The third kappa shape index (κ3) is 4.66. The summed E-state index contributed by atoms with van der Waals surface area (Å²) in [7, 11) is 3.01. The fraction of sp³-hybridized carbons (Fsp3) is 0.308. The maximum Gasteiger partial charge on any atom is 0.332 e. The van der Waals surface area contributed by atoms with Gasteiger partial charge < -0.3 is 14.8 Å². The molecular weight excluding hydrogens is 505 g/mol. The molecule has 190 valence electrons. The summed E-state index contributed by atoms with van der Waals surface area (Å²) in [4.78, 5) is 28.2. The predicted molar refractivity (Wildman–Crippen MR) is 143 cm³/mol. The number of ether oxygens (including phenoxy) is 2. The van der Waals surface area contributed by atoms with Gasteiger partial charge in [0.15, 0.2) is 11.6 Å². The van der Waals surface area contributed by atoms with E-state index in [9.17, 15) is 14.0 Å². The van der Waals surface area contributed by atoms with Gasteiger partial charge in [0.1, 0.15) is 10.4 Å². The topological polar surface area (TPSA) is 74.5 Å². The van der Waals surface area contributed by atoms with E-state index in [1.165, 1.54) is 29.1 Å². The highest BCUT2D eigenvalue weighted by Crippen LogP contribution is 2.37. The van der Waals surface area contributed by atoms with E-state index in [0.29, 0.717) is 34.4 Å². The maximum absolute atomic E-state index is 14.4. The van der Waals surface area contributed by atoms with Gasteiger partial charge in [0, 0.05) is 16.5 Å². The molecule has 0 amide bonds. The first-order valence-electron chi connectivity index (χ1n) is 11.5. The Hall–Kier alpha value is -3.14. The molecule has 10 heteroatoms. The van der Waals surface area contributed by atoms with Gasteiger partial charge in [0.2, 0.25) is 0 Å². The fourth-order valence-electron chi connectivity index (χ4n) is 4.68. The number of piperidine rings is 1. The Morgan fingerprint density at radius 3 is 2.44 bits per heavy atom. The Morgan fingerprint density at radius 1 is 1.03 bits per heavy atom. The summed E-state index contributed by atoms with van der Waals surface area (Å²) < 4.78 is 28.4. The van der Waals surface area contributed by atoms with E-state index < -0.39 is 5.82 Å². The lowest BCUT2D eigenvalue weighted by molar-refractivity contribution is 0.346. The van der Waals surface area contributed by atoms with E-state index in [1.54, 1.807) is 23.8 Å². The van der Waals surface area contributed by atoms with Crippen LogP contribution in [0.1, 0.15) is 24.4 Å². The number of benzene rings is 2. The van der Waals surface area contributed by atoms with Crippen LogP contribution in [0.4, 0.5) is 4.39 Å². The number of halogens is 2. The number of methoxy groups -OCH3 is 2. The van der Waals surface area contributed by atoms with Crippen LogP contribution in [-0.2, 0) is 6.54 Å². The summed E-state index contributed by atoms with van der Waals surface area (Å²) >= 11 is 1.34. The highest BCUT2D eigenvalue weighted by molar-refractivity contribution is 7.22. The largest absolute Gasteiger partial charge is 0.496 e. The van der Waals surface area contributed by atoms with Crippen LogP contribution in [-0.4, -0.2) is 36.4 Å². The third-order valence-corrected chi connectivity index (χ3v) is 7.60. The van der Waals surface area contributed by atoms with Gasteiger partial charge in [-0.2, -0.15) is 0 Å². The molecule has 3 heterocycles. The van der Waals surface area contributed by atoms with Gasteiger partial charge in [-0.3, -0.25) is 13.9 Å². The van der Waals surface area contributed by atoms with Gasteiger partial charge in [-0.15, -0.1) is 23.7 Å². The number of nitrogens with zero attached hydrogens (tertiary/aromatic N) is 2. The molecule has 7 nitrogen and oxygen atoms in total. The van der Waals surface area contributed by atoms with Gasteiger partial charge in [0.05, 0.1) is 26.3 Å². The van der Waals surface area contributed by atoms with Crippen LogP contribution < -0.4 is 26.0 Å². The molecule has 36 heavy (non-hydrogen) atoms. The van der Waals surface area contributed by atoms with Crippen LogP contribution in [0.2, 0.25) is 0 Å². The maximum atomic E-state index is 14.4. The number of rotatable bonds is 6. The number of hydrogen-bond acceptors (Lipinski definition) is 6. The molecule has 0 radical (unpaired) electrons. The normalized spacial score (nSPS) is 14.0. The van der Waals surface area contributed by atoms with Crippen molar-refractivity contribution in [3.05, 3.63) is 80.7 Å². The zero-order valence-corrected chi connectivity index (χ0v) is 21.6. The molecule has 1 aliphatic heterocycles. The van der Waals surface area contributed by atoms with Crippen LogP contribution >= 0.6 is 23.7 Å². The number of fused-ring (bicyclic) bond motifs is 1. The lowest BCUT2D eigenvalue weighted by Gasteiger charge is -2.25. The van der Waals surface area contributed by atoms with Gasteiger partial charge >= 0.3 is 5.69 Å². The first-order valence-corrected chi connectivity index (χ1v) is 12.3. The standard InChI is InChI=1S/C26H26FN3O4S.ClH/c1-33-21-6-4-3-5-18(21)23-14-20-24(35-23)25(31)30(17-9-11-28-12-10-17)26(32)29(20)15-16-7-8-22(34-2)19(27)13-16;/h3-8,13-14,17,28H,9-12,15H2,1-2H3;1H. The summed E-state index contributed by atoms with van der Waals surface area (Å²) in [6.07, 6.45) is 1.39. The molecular formula is C26H27ClFN3O4S. The molecule has 1 N–H and O–H groups in total. The van der Waals surface area contributed by atoms with Crippen LogP contribution in [0.3, 0.4) is 0 Å². The highest BCUT2D eigenvalue weighted by atomic mass is 35.5. The quantitative estimate of drug-likeness (QED) is 0.398. The van der Waals surface area contributed by atoms with Crippen LogP contribution in [0, 0.1) is 5.82 Å². The molecule has 2 aromatic heterocycles. The average Bonchev–Trinajstić information content (AvgIpc) is 3.33. The number of thiophene rings is 1. The van der Waals surface area contributed by atoms with Gasteiger partial charge in [0.25, 0.3) is 5.56 Å². The van der Waals surface area contributed by atoms with Crippen molar-refractivity contribution in [3.63, 3.8) is 0 Å². The summed E-state index contributed by atoms with van der Waals surface area (Å²) in [6.45, 7) is 1.62. The van der Waals surface area contributed by atoms with Crippen molar-refractivity contribution in [2.45, 2.75) is 25.4 Å². The van der Waals surface area contributed by atoms with E-state index >= 15 is 0 Å². The van der Waals surface area contributed by atoms with E-state index in [0.717, 1.165) is 23.5 Å². The first kappa shape index (κ1) is 25.9. The van der Waals surface area contributed by atoms with Crippen molar-refractivity contribution in [3.8, 4) is 21.9 Å². The molecule has 2 aromatic carbocycles. The zero-order valence-electron chi connectivity index (χ0n) is 20.0. The summed E-state index contributed by atoms with van der Waals surface area (Å²) in [5.74, 6) is 0.324. The second-order valence-corrected chi connectivity index (χ2v) is 9.57. The minimum absolute atomic E-state index is 0. The molecule has 0 saturated carbocycles. The SMILES string of the molecule is COc1ccc(Cn2c(=O)n(C3CCNCC3)c(=O)c3sc(-c4ccccc4OC)cc32)cc1F.Cl. The molecule has 1 aliphatic rings. The summed E-state index contributed by atoms with van der Waals surface area (Å²) in [6, 6.07) is 13.9. The molecule has 0 spiro atoms. The molecule has 4 aromatic rings. The first-order chi connectivity index (χ1) is 17.0. The summed E-state index contributed by atoms with van der Waals surface area (Å²) in [5, 5.41) is 3.28. The van der Waals surface area contributed by atoms with Crippen molar-refractivity contribution < 1.29 is 13.9 Å². The smallest absolute Gasteiger partial charge is 0.332 e. The second-order valence-electron chi connectivity index (χ2n) is 8.52. The lowest BCUT2D eigenvalue weighted by Crippen LogP contribution is -2.45. The number of nitrogens with one attached hydrogen (secondary N) is 1. The predicted octanol–water partition coefficient (Wildman–Crippen LogP) is 4.44. The van der Waals surface area contributed by atoms with Gasteiger partial charge in [-0.25, -0.2) is 9.18 Å². The fourth-order valence-corrected chi connectivity index (χ4v) is 5.80. The van der Waals surface area contributed by atoms with Gasteiger partial charge in [-0.05, 0) is 61.8 Å². The minimum atomic E-state index is -0.499. The van der Waals surface area contributed by atoms with E-state index in [1.807, 2.05) is 30.3 Å². The Labute approximate surface area is 217 Å². The van der Waals surface area contributed by atoms with Crippen molar-refractivity contribution >= 4 is 34.0 Å². The average molecular weight is 532 g/mol. The van der Waals surface area contributed by atoms with Crippen molar-refractivity contribution in [2.75, 3.05) is 27.3 Å². The Kier molecular flexibility index (Phi) is 7.82. The third-order valence-electron chi connectivity index (χ3n) is 6.46. The number of aromatic nitrogens is 2. The molecule has 1 saturated heterocycles. The lowest BCUT2D eigenvalue weighted by atomic mass is 10.1. The van der Waals surface area contributed by atoms with Crippen LogP contribution in [0.15, 0.2) is 58.1 Å². The Bertz CT molecular complexity index is 1510. The summed E-state index contributed by atoms with van der Waals surface area (Å²) in [5.41, 5.74) is 1.33. The molecule has 0 atom stereocenters. The van der Waals surface area contributed by atoms with Crippen molar-refractivity contribution in [1.29, 1.82) is 0 Å². The second kappa shape index (κ2) is 10.9. The molecule has 0 bridgehead atoms. The highest BCUT2D eigenvalue weighted by Gasteiger charge is 2.24. The van der Waals surface area contributed by atoms with E-state index in [4.69, 9.17) is 9.47 Å². The molecule has 5 rings (SSSR count). The van der Waals surface area contributed by atoms with Gasteiger partial charge in [-0.1, -0.05) is 18.2 Å². The monoisotopic (exact) mass is 531 g/mol. The van der Waals surface area contributed by atoms with Crippen molar-refractivity contribution in [1.82, 2.24) is 14.5 Å². The van der Waals surface area contributed by atoms with Crippen LogP contribution in [0.5, 0.6) is 11.5 Å². The molecule has 1 fully saturated rings. The van der Waals surface area contributed by atoms with E-state index in [-0.39, 0.29) is 42.0 Å². The zero-order chi connectivity index (χ0) is 24.5. The number of para-hydroxylation sites is 1. The minimum Gasteiger partial charge on any atom is -0.496 e. The van der Waals surface area contributed by atoms with Crippen molar-refractivity contribution in [2.24, 2.45) is 0 Å². The Balaban J connectivity index is 0.00000304. The Morgan fingerprint density at radius 2 is 1.75 bits per heavy atom. The molecule has 0 unspecified atom stereocenters. The molecule has 0 aliphatic carbocycles. The number of hydrogen-bond donors (Lipinski definition) is 1. The van der Waals surface area contributed by atoms with Crippen LogP contribution in [0.25, 0.3) is 20.7 Å².